The first-order chi connectivity index (χ1) is 9.49. The third-order valence-corrected chi connectivity index (χ3v) is 4.64. The lowest BCUT2D eigenvalue weighted by atomic mass is 9.90. The monoisotopic (exact) mass is 375 g/mol. The second kappa shape index (κ2) is 6.92. The number of nitrogens with one attached hydrogen (secondary N) is 1. The molecule has 1 amide bonds. The molecular formula is C15H22BrNO3S. The number of halogens is 1. The van der Waals surface area contributed by atoms with Crippen molar-refractivity contribution in [2.45, 2.75) is 36.9 Å². The van der Waals surface area contributed by atoms with Crippen LogP contribution in [0.4, 0.5) is 0 Å². The Morgan fingerprint density at radius 1 is 1.24 bits per heavy atom. The van der Waals surface area contributed by atoms with Gasteiger partial charge in [0.15, 0.2) is 9.84 Å². The minimum Gasteiger partial charge on any atom is -0.351 e. The summed E-state index contributed by atoms with van der Waals surface area (Å²) in [7, 11) is -3.23. The van der Waals surface area contributed by atoms with E-state index in [4.69, 9.17) is 0 Å². The predicted octanol–water partition coefficient (Wildman–Crippen LogP) is 3.02. The zero-order valence-electron chi connectivity index (χ0n) is 12.8. The molecule has 118 valence electrons. The normalized spacial score (nSPS) is 13.8. The first kappa shape index (κ1) is 18.2. The van der Waals surface area contributed by atoms with Crippen molar-refractivity contribution in [3.63, 3.8) is 0 Å². The molecule has 1 N–H and O–H groups in total. The maximum Gasteiger partial charge on any atom is 0.251 e. The van der Waals surface area contributed by atoms with E-state index in [1.165, 1.54) is 24.3 Å². The molecule has 0 saturated carbocycles. The number of alkyl halides is 1. The molecule has 0 aromatic heterocycles. The predicted molar refractivity (Wildman–Crippen MR) is 88.7 cm³/mol. The van der Waals surface area contributed by atoms with Gasteiger partial charge in [-0.1, -0.05) is 36.7 Å². The Morgan fingerprint density at radius 2 is 1.76 bits per heavy atom. The van der Waals surface area contributed by atoms with Crippen molar-refractivity contribution in [1.82, 2.24) is 5.32 Å². The summed E-state index contributed by atoms with van der Waals surface area (Å²) in [5.41, 5.74) is 0.647. The Morgan fingerprint density at radius 3 is 2.19 bits per heavy atom. The van der Waals surface area contributed by atoms with Crippen LogP contribution < -0.4 is 5.32 Å². The van der Waals surface area contributed by atoms with Crippen LogP contribution in [0.25, 0.3) is 0 Å². The van der Waals surface area contributed by atoms with E-state index in [-0.39, 0.29) is 21.0 Å². The number of rotatable bonds is 5. The minimum absolute atomic E-state index is 0.191. The van der Waals surface area contributed by atoms with Crippen LogP contribution in [0, 0.1) is 5.41 Å². The van der Waals surface area contributed by atoms with Gasteiger partial charge in [0, 0.05) is 23.2 Å². The number of benzene rings is 1. The zero-order chi connectivity index (χ0) is 16.3. The average Bonchev–Trinajstić information content (AvgIpc) is 2.33. The van der Waals surface area contributed by atoms with Crippen LogP contribution in [-0.4, -0.2) is 32.0 Å². The smallest absolute Gasteiger partial charge is 0.251 e. The number of amides is 1. The van der Waals surface area contributed by atoms with Crippen molar-refractivity contribution in [2.75, 3.05) is 12.8 Å². The molecule has 0 aliphatic heterocycles. The van der Waals surface area contributed by atoms with Crippen LogP contribution in [0.3, 0.4) is 0 Å². The Hall–Kier alpha value is -0.880. The number of sulfone groups is 1. The van der Waals surface area contributed by atoms with Crippen LogP contribution in [0.2, 0.25) is 0 Å². The van der Waals surface area contributed by atoms with E-state index >= 15 is 0 Å². The molecule has 0 fully saturated rings. The molecule has 1 unspecified atom stereocenters. The molecule has 1 aromatic rings. The van der Waals surface area contributed by atoms with E-state index in [2.05, 4.69) is 42.0 Å². The molecule has 0 aliphatic carbocycles. The summed E-state index contributed by atoms with van der Waals surface area (Å²) in [6.07, 6.45) is 2.09. The van der Waals surface area contributed by atoms with Crippen LogP contribution in [0.5, 0.6) is 0 Å². The molecule has 6 heteroatoms. The summed E-state index contributed by atoms with van der Waals surface area (Å²) >= 11 is 3.56. The Labute approximate surface area is 135 Å². The summed E-state index contributed by atoms with van der Waals surface area (Å²) in [6, 6.07) is 5.95. The lowest BCUT2D eigenvalue weighted by Gasteiger charge is -2.22. The van der Waals surface area contributed by atoms with Gasteiger partial charge in [0.25, 0.3) is 5.91 Å². The molecule has 1 atom stereocenters. The molecular weight excluding hydrogens is 354 g/mol. The topological polar surface area (TPSA) is 63.2 Å². The van der Waals surface area contributed by atoms with Gasteiger partial charge in [0.1, 0.15) is 0 Å². The highest BCUT2D eigenvalue weighted by molar-refractivity contribution is 9.09. The first-order valence-corrected chi connectivity index (χ1v) is 9.52. The molecule has 21 heavy (non-hydrogen) atoms. The molecule has 0 saturated heterocycles. The third kappa shape index (κ3) is 6.61. The van der Waals surface area contributed by atoms with Gasteiger partial charge in [-0.25, -0.2) is 8.42 Å². The second-order valence-corrected chi connectivity index (χ2v) is 9.68. The summed E-state index contributed by atoms with van der Waals surface area (Å²) in [5, 5.41) is 2.84. The summed E-state index contributed by atoms with van der Waals surface area (Å²) in [5.74, 6) is -0.201. The van der Waals surface area contributed by atoms with Gasteiger partial charge < -0.3 is 5.32 Å². The van der Waals surface area contributed by atoms with E-state index in [9.17, 15) is 13.2 Å². The largest absolute Gasteiger partial charge is 0.351 e. The second-order valence-electron chi connectivity index (χ2n) is 6.37. The number of carbonyl (C=O) groups is 1. The van der Waals surface area contributed by atoms with Gasteiger partial charge in [-0.2, -0.15) is 0 Å². The molecule has 0 radical (unpaired) electrons. The number of hydrogen-bond acceptors (Lipinski definition) is 3. The van der Waals surface area contributed by atoms with E-state index < -0.39 is 9.84 Å². The van der Waals surface area contributed by atoms with E-state index in [0.29, 0.717) is 12.1 Å². The lowest BCUT2D eigenvalue weighted by Crippen LogP contribution is -2.31. The average molecular weight is 376 g/mol. The maximum atomic E-state index is 12.0. The van der Waals surface area contributed by atoms with Gasteiger partial charge >= 0.3 is 0 Å². The van der Waals surface area contributed by atoms with Crippen LogP contribution in [0.15, 0.2) is 29.2 Å². The Bertz CT molecular complexity index is 588. The van der Waals surface area contributed by atoms with Crippen LogP contribution >= 0.6 is 15.9 Å². The highest BCUT2D eigenvalue weighted by atomic mass is 79.9. The van der Waals surface area contributed by atoms with Crippen molar-refractivity contribution >= 4 is 31.7 Å². The van der Waals surface area contributed by atoms with E-state index in [1.54, 1.807) is 0 Å². The number of carbonyl (C=O) groups excluding carboxylic acids is 1. The van der Waals surface area contributed by atoms with Crippen LogP contribution in [0.1, 0.15) is 37.6 Å². The van der Waals surface area contributed by atoms with Gasteiger partial charge in [-0.3, -0.25) is 4.79 Å². The molecule has 4 nitrogen and oxygen atoms in total. The van der Waals surface area contributed by atoms with Crippen LogP contribution in [-0.2, 0) is 9.84 Å². The van der Waals surface area contributed by atoms with Gasteiger partial charge in [0.05, 0.1) is 4.90 Å². The summed E-state index contributed by atoms with van der Waals surface area (Å²) in [6.45, 7) is 6.97. The van der Waals surface area contributed by atoms with Crippen molar-refractivity contribution in [1.29, 1.82) is 0 Å². The fourth-order valence-electron chi connectivity index (χ4n) is 1.90. The molecule has 0 aliphatic rings. The highest BCUT2D eigenvalue weighted by Gasteiger charge is 2.17. The quantitative estimate of drug-likeness (QED) is 0.804. The van der Waals surface area contributed by atoms with Crippen molar-refractivity contribution in [3.05, 3.63) is 29.8 Å². The zero-order valence-corrected chi connectivity index (χ0v) is 15.2. The summed E-state index contributed by atoms with van der Waals surface area (Å²) in [4.78, 5) is 12.4. The number of hydrogen-bond donors (Lipinski definition) is 1. The molecule has 0 spiro atoms. The first-order valence-electron chi connectivity index (χ1n) is 6.71. The minimum atomic E-state index is -3.23. The van der Waals surface area contributed by atoms with Crippen molar-refractivity contribution in [2.24, 2.45) is 5.41 Å². The lowest BCUT2D eigenvalue weighted by molar-refractivity contribution is 0.0952. The molecule has 0 heterocycles. The van der Waals surface area contributed by atoms with E-state index in [1.807, 2.05) is 0 Å². The van der Waals surface area contributed by atoms with Gasteiger partial charge in [0.2, 0.25) is 0 Å². The van der Waals surface area contributed by atoms with Gasteiger partial charge in [-0.15, -0.1) is 0 Å². The third-order valence-electron chi connectivity index (χ3n) is 2.86. The van der Waals surface area contributed by atoms with Crippen molar-refractivity contribution < 1.29 is 13.2 Å². The fraction of sp³-hybridized carbons (Fsp3) is 0.533. The SMILES string of the molecule is CC(C)(C)CC(Br)CNC(=O)c1ccc(S(C)(=O)=O)cc1. The molecule has 1 rings (SSSR count). The summed E-state index contributed by atoms with van der Waals surface area (Å²) < 4.78 is 22.7. The molecule has 1 aromatic carbocycles. The molecule has 0 bridgehead atoms. The van der Waals surface area contributed by atoms with Crippen molar-refractivity contribution in [3.8, 4) is 0 Å². The standard InChI is InChI=1S/C15H22BrNO3S/c1-15(2,3)9-12(16)10-17-14(18)11-5-7-13(8-6-11)21(4,19)20/h5-8,12H,9-10H2,1-4H3,(H,17,18). The fourth-order valence-corrected chi connectivity index (χ4v) is 3.66. The van der Waals surface area contributed by atoms with Gasteiger partial charge in [-0.05, 0) is 36.1 Å². The Kier molecular flexibility index (Phi) is 5.99. The highest BCUT2D eigenvalue weighted by Crippen LogP contribution is 2.24. The van der Waals surface area contributed by atoms with E-state index in [0.717, 1.165) is 12.7 Å². The Balaban J connectivity index is 2.61. The maximum absolute atomic E-state index is 12.0.